The molecule has 0 atom stereocenters. The van der Waals surface area contributed by atoms with Gasteiger partial charge in [0, 0.05) is 23.2 Å². The molecule has 8 nitrogen and oxygen atoms in total. The highest BCUT2D eigenvalue weighted by Crippen LogP contribution is 2.29. The van der Waals surface area contributed by atoms with E-state index >= 15 is 0 Å². The zero-order chi connectivity index (χ0) is 25.1. The van der Waals surface area contributed by atoms with Crippen molar-refractivity contribution in [1.82, 2.24) is 30.2 Å². The van der Waals surface area contributed by atoms with Crippen molar-refractivity contribution in [3.8, 4) is 22.5 Å². The van der Waals surface area contributed by atoms with Crippen molar-refractivity contribution >= 4 is 0 Å². The Labute approximate surface area is 208 Å². The normalized spacial score (nSPS) is 11.1. The van der Waals surface area contributed by atoms with Crippen LogP contribution in [0.15, 0.2) is 77.6 Å². The van der Waals surface area contributed by atoms with E-state index in [2.05, 4.69) is 25.6 Å². The second kappa shape index (κ2) is 10.1. The van der Waals surface area contributed by atoms with E-state index in [9.17, 15) is 9.90 Å². The molecule has 3 aromatic carbocycles. The quantitative estimate of drug-likeness (QED) is 0.368. The first-order valence-electron chi connectivity index (χ1n) is 11.7. The number of hydrogen-bond donors (Lipinski definition) is 2. The van der Waals surface area contributed by atoms with Crippen LogP contribution >= 0.6 is 0 Å². The molecule has 0 spiro atoms. The highest BCUT2D eigenvalue weighted by Gasteiger charge is 2.14. The first-order valence-corrected chi connectivity index (χ1v) is 11.7. The molecule has 8 heteroatoms. The zero-order valence-electron chi connectivity index (χ0n) is 20.1. The number of tetrazole rings is 1. The fourth-order valence-corrected chi connectivity index (χ4v) is 4.45. The summed E-state index contributed by atoms with van der Waals surface area (Å²) in [5, 5.41) is 23.9. The lowest BCUT2D eigenvalue weighted by Crippen LogP contribution is -2.29. The van der Waals surface area contributed by atoms with Gasteiger partial charge in [0.05, 0.1) is 13.2 Å². The first-order chi connectivity index (χ1) is 17.5. The van der Waals surface area contributed by atoms with Crippen molar-refractivity contribution in [2.45, 2.75) is 33.4 Å². The number of aliphatic hydroxyl groups excluding tert-OH is 1. The second-order valence-electron chi connectivity index (χ2n) is 8.75. The average molecular weight is 479 g/mol. The minimum absolute atomic E-state index is 0.0290. The molecule has 0 radical (unpaired) electrons. The number of H-pyrrole nitrogens is 1. The number of nitrogens with zero attached hydrogens (tertiary/aromatic N) is 5. The van der Waals surface area contributed by atoms with Crippen molar-refractivity contribution in [2.75, 3.05) is 0 Å². The number of benzene rings is 3. The van der Waals surface area contributed by atoms with E-state index in [1.165, 1.54) is 0 Å². The zero-order valence-corrected chi connectivity index (χ0v) is 20.1. The Hall–Kier alpha value is -4.43. The van der Waals surface area contributed by atoms with Gasteiger partial charge in [0.1, 0.15) is 5.82 Å². The number of aliphatic hydroxyl groups is 1. The highest BCUT2D eigenvalue weighted by molar-refractivity contribution is 5.80. The molecule has 0 saturated heterocycles. The highest BCUT2D eigenvalue weighted by atomic mass is 16.3. The second-order valence-corrected chi connectivity index (χ2v) is 8.75. The maximum atomic E-state index is 13.5. The van der Waals surface area contributed by atoms with E-state index in [0.29, 0.717) is 30.2 Å². The summed E-state index contributed by atoms with van der Waals surface area (Å²) in [5.74, 6) is 1.22. The maximum absolute atomic E-state index is 13.5. The van der Waals surface area contributed by atoms with Gasteiger partial charge in [-0.3, -0.25) is 9.36 Å². The van der Waals surface area contributed by atoms with Crippen molar-refractivity contribution in [3.05, 3.63) is 117 Å². The minimum Gasteiger partial charge on any atom is -0.392 e. The molecule has 0 fully saturated rings. The summed E-state index contributed by atoms with van der Waals surface area (Å²) in [4.78, 5) is 18.2. The Morgan fingerprint density at radius 1 is 0.889 bits per heavy atom. The molecule has 2 N–H and O–H groups in total. The van der Waals surface area contributed by atoms with Crippen LogP contribution in [-0.4, -0.2) is 35.3 Å². The smallest absolute Gasteiger partial charge is 0.257 e. The van der Waals surface area contributed by atoms with Gasteiger partial charge in [-0.1, -0.05) is 72.8 Å². The lowest BCUT2D eigenvalue weighted by atomic mass is 9.98. The van der Waals surface area contributed by atoms with E-state index in [0.717, 1.165) is 39.1 Å². The third-order valence-corrected chi connectivity index (χ3v) is 6.33. The van der Waals surface area contributed by atoms with Gasteiger partial charge in [-0.25, -0.2) is 4.98 Å². The van der Waals surface area contributed by atoms with Gasteiger partial charge in [0.15, 0.2) is 0 Å². The molecule has 5 rings (SSSR count). The van der Waals surface area contributed by atoms with E-state index in [1.807, 2.05) is 86.6 Å². The Morgan fingerprint density at radius 3 is 2.36 bits per heavy atom. The van der Waals surface area contributed by atoms with Crippen LogP contribution in [0, 0.1) is 13.8 Å². The molecule has 36 heavy (non-hydrogen) atoms. The van der Waals surface area contributed by atoms with Gasteiger partial charge < -0.3 is 5.11 Å². The molecular weight excluding hydrogens is 452 g/mol. The Balaban J connectivity index is 1.43. The summed E-state index contributed by atoms with van der Waals surface area (Å²) in [6.07, 6.45) is 0.470. The number of nitrogens with one attached hydrogen (secondary N) is 1. The molecule has 5 aromatic rings. The molecule has 0 aliphatic heterocycles. The number of rotatable bonds is 7. The van der Waals surface area contributed by atoms with Crippen LogP contribution in [0.5, 0.6) is 0 Å². The monoisotopic (exact) mass is 478 g/mol. The van der Waals surface area contributed by atoms with E-state index < -0.39 is 0 Å². The predicted molar refractivity (Wildman–Crippen MR) is 137 cm³/mol. The maximum Gasteiger partial charge on any atom is 0.257 e. The fraction of sp³-hybridized carbons (Fsp3) is 0.179. The third kappa shape index (κ3) is 4.71. The summed E-state index contributed by atoms with van der Waals surface area (Å²) in [5.41, 5.74) is 7.08. The van der Waals surface area contributed by atoms with Gasteiger partial charge in [-0.2, -0.15) is 5.21 Å². The van der Waals surface area contributed by atoms with E-state index in [-0.39, 0.29) is 12.2 Å². The Morgan fingerprint density at radius 2 is 1.64 bits per heavy atom. The van der Waals surface area contributed by atoms with E-state index in [1.54, 1.807) is 4.57 Å². The molecule has 0 aliphatic rings. The van der Waals surface area contributed by atoms with Crippen LogP contribution in [-0.2, 0) is 19.6 Å². The summed E-state index contributed by atoms with van der Waals surface area (Å²) in [7, 11) is 0. The molecular formula is C28H26N6O2. The number of hydrogen-bond acceptors (Lipinski definition) is 6. The number of aromatic nitrogens is 6. The van der Waals surface area contributed by atoms with Crippen molar-refractivity contribution in [3.63, 3.8) is 0 Å². The van der Waals surface area contributed by atoms with Gasteiger partial charge >= 0.3 is 0 Å². The SMILES string of the molecule is Cc1nc(C)n(Cc2ccc(-c3ccccc3-c3nn[nH]n3)cc2)c(=O)c1Cc1cccc(CO)c1. The summed E-state index contributed by atoms with van der Waals surface area (Å²) >= 11 is 0. The van der Waals surface area contributed by atoms with Crippen LogP contribution in [0.25, 0.3) is 22.5 Å². The molecule has 0 bridgehead atoms. The third-order valence-electron chi connectivity index (χ3n) is 6.33. The molecule has 180 valence electrons. The molecule has 0 saturated carbocycles. The van der Waals surface area contributed by atoms with Gasteiger partial charge in [0.25, 0.3) is 5.56 Å². The predicted octanol–water partition coefficient (Wildman–Crippen LogP) is 3.84. The van der Waals surface area contributed by atoms with Crippen LogP contribution in [0.1, 0.15) is 33.8 Å². The minimum atomic E-state index is -0.0408. The summed E-state index contributed by atoms with van der Waals surface area (Å²) in [6, 6.07) is 23.7. The van der Waals surface area contributed by atoms with Crippen molar-refractivity contribution < 1.29 is 5.11 Å². The average Bonchev–Trinajstić information content (AvgIpc) is 3.44. The summed E-state index contributed by atoms with van der Waals surface area (Å²) in [6.45, 7) is 4.13. The van der Waals surface area contributed by atoms with Gasteiger partial charge in [0.2, 0.25) is 5.82 Å². The molecule has 0 aliphatic carbocycles. The standard InChI is InChI=1S/C28H26N6O2/c1-18-26(15-21-6-5-7-22(14-21)17-35)28(36)34(19(2)29-18)16-20-10-12-23(13-11-20)24-8-3-4-9-25(24)27-30-32-33-31-27/h3-14,35H,15-17H2,1-2H3,(H,30,31,32,33). The molecule has 0 unspecified atom stereocenters. The van der Waals surface area contributed by atoms with Crippen LogP contribution in [0.3, 0.4) is 0 Å². The van der Waals surface area contributed by atoms with Gasteiger partial charge in [-0.15, -0.1) is 10.2 Å². The van der Waals surface area contributed by atoms with Crippen molar-refractivity contribution in [2.24, 2.45) is 0 Å². The summed E-state index contributed by atoms with van der Waals surface area (Å²) < 4.78 is 1.72. The molecule has 2 aromatic heterocycles. The van der Waals surface area contributed by atoms with Crippen molar-refractivity contribution in [1.29, 1.82) is 0 Å². The number of aromatic amines is 1. The van der Waals surface area contributed by atoms with Crippen LogP contribution in [0.2, 0.25) is 0 Å². The fourth-order valence-electron chi connectivity index (χ4n) is 4.45. The van der Waals surface area contributed by atoms with E-state index in [4.69, 9.17) is 0 Å². The first kappa shape index (κ1) is 23.3. The Bertz CT molecular complexity index is 1560. The lowest BCUT2D eigenvalue weighted by Gasteiger charge is -2.15. The lowest BCUT2D eigenvalue weighted by molar-refractivity contribution is 0.281. The largest absolute Gasteiger partial charge is 0.392 e. The van der Waals surface area contributed by atoms with Gasteiger partial charge in [-0.05, 0) is 46.9 Å². The number of aryl methyl sites for hydroxylation is 2. The molecule has 0 amide bonds. The Kier molecular flexibility index (Phi) is 6.51. The topological polar surface area (TPSA) is 110 Å². The molecule has 2 heterocycles. The van der Waals surface area contributed by atoms with Crippen LogP contribution < -0.4 is 5.56 Å². The van der Waals surface area contributed by atoms with Crippen LogP contribution in [0.4, 0.5) is 0 Å².